The molecule has 0 bridgehead atoms. The normalized spacial score (nSPS) is 18.8. The van der Waals surface area contributed by atoms with Crippen LogP contribution in [0.2, 0.25) is 0 Å². The summed E-state index contributed by atoms with van der Waals surface area (Å²) in [5.74, 6) is -0.519. The van der Waals surface area contributed by atoms with Crippen molar-refractivity contribution in [2.75, 3.05) is 44.8 Å². The number of pyridine rings is 1. The Bertz CT molecular complexity index is 702. The lowest BCUT2D eigenvalue weighted by Crippen LogP contribution is -2.53. The van der Waals surface area contributed by atoms with E-state index in [0.717, 1.165) is 5.56 Å². The number of amides is 2. The molecule has 0 aliphatic carbocycles. The Balaban J connectivity index is 1.41. The lowest BCUT2D eigenvalue weighted by molar-refractivity contribution is -0.180. The van der Waals surface area contributed by atoms with Crippen molar-refractivity contribution in [2.24, 2.45) is 5.92 Å². The molecular formula is C19H25F3N4O3. The number of nitrogens with one attached hydrogen (secondary N) is 1. The van der Waals surface area contributed by atoms with Gasteiger partial charge in [0.2, 0.25) is 12.3 Å². The summed E-state index contributed by atoms with van der Waals surface area (Å²) in [7, 11) is 1.54. The van der Waals surface area contributed by atoms with Crippen LogP contribution in [-0.4, -0.2) is 74.3 Å². The topological polar surface area (TPSA) is 74.8 Å². The molecule has 1 atom stereocenters. The van der Waals surface area contributed by atoms with E-state index in [1.165, 1.54) is 7.11 Å². The van der Waals surface area contributed by atoms with E-state index in [9.17, 15) is 22.8 Å². The zero-order valence-corrected chi connectivity index (χ0v) is 16.2. The number of methoxy groups -OCH3 is 1. The average molecular weight is 414 g/mol. The minimum Gasteiger partial charge on any atom is -0.383 e. The molecule has 3 rings (SSSR count). The van der Waals surface area contributed by atoms with Gasteiger partial charge in [-0.25, -0.2) is 4.98 Å². The van der Waals surface area contributed by atoms with Crippen molar-refractivity contribution < 1.29 is 27.5 Å². The predicted octanol–water partition coefficient (Wildman–Crippen LogP) is 1.55. The number of aromatic nitrogens is 1. The predicted molar refractivity (Wildman–Crippen MR) is 99.4 cm³/mol. The van der Waals surface area contributed by atoms with Gasteiger partial charge in [0.25, 0.3) is 0 Å². The first-order chi connectivity index (χ1) is 13.8. The lowest BCUT2D eigenvalue weighted by Gasteiger charge is -2.41. The van der Waals surface area contributed by atoms with Gasteiger partial charge in [-0.2, -0.15) is 13.2 Å². The summed E-state index contributed by atoms with van der Waals surface area (Å²) >= 11 is 0. The molecule has 29 heavy (non-hydrogen) atoms. The molecule has 0 radical (unpaired) electrons. The number of carbonyl (C=O) groups is 2. The minimum atomic E-state index is -4.15. The monoisotopic (exact) mass is 414 g/mol. The summed E-state index contributed by atoms with van der Waals surface area (Å²) in [5.41, 5.74) is 0.977. The van der Waals surface area contributed by atoms with E-state index < -0.39 is 12.1 Å². The Morgan fingerprint density at radius 2 is 2.07 bits per heavy atom. The number of anilines is 1. The Morgan fingerprint density at radius 1 is 1.34 bits per heavy atom. The largest absolute Gasteiger partial charge is 0.395 e. The number of hydrogen-bond acceptors (Lipinski definition) is 5. The number of rotatable bonds is 9. The number of alkyl halides is 3. The molecular weight excluding hydrogens is 389 g/mol. The van der Waals surface area contributed by atoms with E-state index in [4.69, 9.17) is 4.74 Å². The fourth-order valence-electron chi connectivity index (χ4n) is 3.56. The first-order valence-corrected chi connectivity index (χ1v) is 9.55. The number of carbonyl (C=O) groups excluding carboxylic acids is 2. The zero-order chi connectivity index (χ0) is 21.0. The molecule has 2 aliphatic heterocycles. The molecule has 3 heterocycles. The maximum absolute atomic E-state index is 12.6. The number of halogens is 3. The molecule has 1 aromatic heterocycles. The van der Waals surface area contributed by atoms with Crippen LogP contribution in [0.15, 0.2) is 18.3 Å². The molecule has 2 fully saturated rings. The maximum Gasteiger partial charge on any atom is 0.395 e. The van der Waals surface area contributed by atoms with Gasteiger partial charge < -0.3 is 19.9 Å². The minimum absolute atomic E-state index is 0.0263. The number of ether oxygens (including phenoxy) is 1. The van der Waals surface area contributed by atoms with Crippen molar-refractivity contribution in [2.45, 2.75) is 31.0 Å². The summed E-state index contributed by atoms with van der Waals surface area (Å²) in [4.78, 5) is 30.5. The molecule has 2 amide bonds. The second-order valence-corrected chi connectivity index (χ2v) is 7.56. The van der Waals surface area contributed by atoms with Gasteiger partial charge in [0.05, 0.1) is 18.6 Å². The molecule has 160 valence electrons. The van der Waals surface area contributed by atoms with Crippen LogP contribution in [0, 0.1) is 5.92 Å². The van der Waals surface area contributed by atoms with Crippen molar-refractivity contribution >= 4 is 18.1 Å². The van der Waals surface area contributed by atoms with E-state index in [2.05, 4.69) is 10.3 Å². The lowest BCUT2D eigenvalue weighted by atomic mass is 9.92. The number of hydrogen-bond donors (Lipinski definition) is 1. The van der Waals surface area contributed by atoms with Crippen LogP contribution in [0.25, 0.3) is 0 Å². The summed E-state index contributed by atoms with van der Waals surface area (Å²) in [6.07, 6.45) is -1.02. The Labute approximate surface area is 167 Å². The van der Waals surface area contributed by atoms with Crippen molar-refractivity contribution in [3.63, 3.8) is 0 Å². The Kier molecular flexibility index (Phi) is 6.61. The fourth-order valence-corrected chi connectivity index (χ4v) is 3.56. The SMILES string of the molecule is COCC(CCC(=O)N1CC(c2ccc(N3CC(C(F)(F)F)C3)nc2)C1)NC=O. The fraction of sp³-hybridized carbons (Fsp3) is 0.632. The van der Waals surface area contributed by atoms with Crippen LogP contribution in [-0.2, 0) is 14.3 Å². The first kappa shape index (κ1) is 21.4. The van der Waals surface area contributed by atoms with Crippen LogP contribution >= 0.6 is 0 Å². The smallest absolute Gasteiger partial charge is 0.383 e. The van der Waals surface area contributed by atoms with Gasteiger partial charge in [0, 0.05) is 51.8 Å². The van der Waals surface area contributed by atoms with Gasteiger partial charge in [0.1, 0.15) is 5.82 Å². The van der Waals surface area contributed by atoms with Gasteiger partial charge in [-0.3, -0.25) is 9.59 Å². The molecule has 2 saturated heterocycles. The van der Waals surface area contributed by atoms with Crippen LogP contribution in [0.3, 0.4) is 0 Å². The van der Waals surface area contributed by atoms with Crippen molar-refractivity contribution in [1.29, 1.82) is 0 Å². The molecule has 1 N–H and O–H groups in total. The number of likely N-dealkylation sites (tertiary alicyclic amines) is 1. The third-order valence-corrected chi connectivity index (χ3v) is 5.52. The van der Waals surface area contributed by atoms with Crippen molar-refractivity contribution in [1.82, 2.24) is 15.2 Å². The molecule has 0 spiro atoms. The van der Waals surface area contributed by atoms with Crippen LogP contribution in [0.1, 0.15) is 24.3 Å². The van der Waals surface area contributed by atoms with Gasteiger partial charge in [-0.05, 0) is 18.1 Å². The first-order valence-electron chi connectivity index (χ1n) is 9.55. The standard InChI is InChI=1S/C19H25F3N4O3/c1-29-11-16(24-12-27)3-5-18(28)26-7-14(8-26)13-2-4-17(23-6-13)25-9-15(10-25)19(20,21)22/h2,4,6,12,14-16H,3,5,7-11H2,1H3,(H,24,27). The third-order valence-electron chi connectivity index (χ3n) is 5.52. The molecule has 1 unspecified atom stereocenters. The van der Waals surface area contributed by atoms with Crippen LogP contribution in [0.4, 0.5) is 19.0 Å². The molecule has 10 heteroatoms. The highest BCUT2D eigenvalue weighted by atomic mass is 19.4. The summed E-state index contributed by atoms with van der Waals surface area (Å²) < 4.78 is 42.8. The van der Waals surface area contributed by atoms with E-state index in [0.29, 0.717) is 44.8 Å². The van der Waals surface area contributed by atoms with Crippen molar-refractivity contribution in [3.05, 3.63) is 23.9 Å². The molecule has 2 aliphatic rings. The van der Waals surface area contributed by atoms with Gasteiger partial charge in [-0.1, -0.05) is 6.07 Å². The van der Waals surface area contributed by atoms with E-state index in [1.54, 1.807) is 22.1 Å². The highest BCUT2D eigenvalue weighted by Gasteiger charge is 2.47. The highest BCUT2D eigenvalue weighted by Crippen LogP contribution is 2.36. The van der Waals surface area contributed by atoms with Gasteiger partial charge in [0.15, 0.2) is 0 Å². The Morgan fingerprint density at radius 3 is 2.62 bits per heavy atom. The molecule has 1 aromatic rings. The van der Waals surface area contributed by atoms with E-state index in [-0.39, 0.29) is 31.0 Å². The summed E-state index contributed by atoms with van der Waals surface area (Å²) in [6, 6.07) is 3.43. The van der Waals surface area contributed by atoms with Gasteiger partial charge >= 0.3 is 6.18 Å². The highest BCUT2D eigenvalue weighted by molar-refractivity contribution is 5.77. The maximum atomic E-state index is 12.6. The van der Waals surface area contributed by atoms with E-state index in [1.807, 2.05) is 6.07 Å². The van der Waals surface area contributed by atoms with Crippen LogP contribution < -0.4 is 10.2 Å². The third kappa shape index (κ3) is 5.17. The Hall–Kier alpha value is -2.36. The van der Waals surface area contributed by atoms with Crippen LogP contribution in [0.5, 0.6) is 0 Å². The van der Waals surface area contributed by atoms with Crippen molar-refractivity contribution in [3.8, 4) is 0 Å². The van der Waals surface area contributed by atoms with Gasteiger partial charge in [-0.15, -0.1) is 0 Å². The quantitative estimate of drug-likeness (QED) is 0.621. The second-order valence-electron chi connectivity index (χ2n) is 7.56. The second kappa shape index (κ2) is 8.98. The number of nitrogens with zero attached hydrogens (tertiary/aromatic N) is 3. The molecule has 0 saturated carbocycles. The molecule has 7 nitrogen and oxygen atoms in total. The summed E-state index contributed by atoms with van der Waals surface area (Å²) in [5, 5.41) is 2.63. The summed E-state index contributed by atoms with van der Waals surface area (Å²) in [6.45, 7) is 1.44. The zero-order valence-electron chi connectivity index (χ0n) is 16.2. The van der Waals surface area contributed by atoms with E-state index >= 15 is 0 Å². The average Bonchev–Trinajstić information content (AvgIpc) is 2.57. The molecule has 0 aromatic carbocycles.